The van der Waals surface area contributed by atoms with E-state index in [9.17, 15) is 0 Å². The summed E-state index contributed by atoms with van der Waals surface area (Å²) in [7, 11) is 2.10. The lowest BCUT2D eigenvalue weighted by molar-refractivity contribution is 0.465. The number of aromatic nitrogens is 1. The molecule has 0 aromatic carbocycles. The molecule has 20 heavy (non-hydrogen) atoms. The second-order valence-electron chi connectivity index (χ2n) is 5.07. The lowest BCUT2D eigenvalue weighted by atomic mass is 10.2. The highest BCUT2D eigenvalue weighted by Gasteiger charge is 2.04. The van der Waals surface area contributed by atoms with E-state index in [1.807, 2.05) is 13.1 Å². The third kappa shape index (κ3) is 6.04. The summed E-state index contributed by atoms with van der Waals surface area (Å²) in [6.45, 7) is 9.07. The highest BCUT2D eigenvalue weighted by atomic mass is 15.3. The van der Waals surface area contributed by atoms with Gasteiger partial charge < -0.3 is 10.2 Å². The minimum atomic E-state index is 0.795. The van der Waals surface area contributed by atoms with Crippen LogP contribution >= 0.6 is 0 Å². The summed E-state index contributed by atoms with van der Waals surface area (Å²) >= 11 is 0. The maximum atomic E-state index is 4.69. The number of hydrogen-bond donors (Lipinski definition) is 1. The standard InChI is InChI=1S/C16H28N4/c1-5-7-12-20(4)16(17-6-2)18-11-10-15-9-8-14(3)19-13-15/h8-9,13H,5-7,10-12H2,1-4H3,(H,17,18). The highest BCUT2D eigenvalue weighted by molar-refractivity contribution is 5.79. The van der Waals surface area contributed by atoms with Crippen molar-refractivity contribution in [1.82, 2.24) is 15.2 Å². The van der Waals surface area contributed by atoms with Crippen molar-refractivity contribution in [3.63, 3.8) is 0 Å². The molecular weight excluding hydrogens is 248 g/mol. The molecule has 0 aliphatic rings. The number of guanidine groups is 1. The van der Waals surface area contributed by atoms with Gasteiger partial charge in [-0.2, -0.15) is 0 Å². The molecule has 4 heteroatoms. The maximum absolute atomic E-state index is 4.69. The van der Waals surface area contributed by atoms with Gasteiger partial charge in [-0.15, -0.1) is 0 Å². The van der Waals surface area contributed by atoms with Crippen molar-refractivity contribution in [3.05, 3.63) is 29.6 Å². The van der Waals surface area contributed by atoms with Crippen molar-refractivity contribution in [2.45, 2.75) is 40.0 Å². The van der Waals surface area contributed by atoms with E-state index in [0.717, 1.165) is 37.7 Å². The number of unbranched alkanes of at least 4 members (excludes halogenated alkanes) is 1. The summed E-state index contributed by atoms with van der Waals surface area (Å²) in [5.74, 6) is 1.00. The fourth-order valence-corrected chi connectivity index (χ4v) is 1.91. The predicted molar refractivity (Wildman–Crippen MR) is 86.2 cm³/mol. The monoisotopic (exact) mass is 276 g/mol. The van der Waals surface area contributed by atoms with Gasteiger partial charge in [0.15, 0.2) is 5.96 Å². The molecule has 1 aromatic rings. The number of aliphatic imine (C=N–C) groups is 1. The summed E-state index contributed by atoms with van der Waals surface area (Å²) in [6, 6.07) is 4.18. The fourth-order valence-electron chi connectivity index (χ4n) is 1.91. The summed E-state index contributed by atoms with van der Waals surface area (Å²) in [5, 5.41) is 3.35. The first kappa shape index (κ1) is 16.5. The van der Waals surface area contributed by atoms with Gasteiger partial charge in [0.2, 0.25) is 0 Å². The molecule has 0 fully saturated rings. The summed E-state index contributed by atoms with van der Waals surface area (Å²) in [5.41, 5.74) is 2.30. The third-order valence-corrected chi connectivity index (χ3v) is 3.18. The molecule has 1 N–H and O–H groups in total. The number of nitrogens with one attached hydrogen (secondary N) is 1. The first-order chi connectivity index (χ1) is 9.67. The van der Waals surface area contributed by atoms with Crippen molar-refractivity contribution in [1.29, 1.82) is 0 Å². The zero-order chi connectivity index (χ0) is 14.8. The Bertz CT molecular complexity index is 397. The van der Waals surface area contributed by atoms with Crippen molar-refractivity contribution >= 4 is 5.96 Å². The van der Waals surface area contributed by atoms with E-state index in [1.54, 1.807) is 0 Å². The molecule has 0 amide bonds. The average Bonchev–Trinajstić information content (AvgIpc) is 2.46. The van der Waals surface area contributed by atoms with E-state index in [2.05, 4.69) is 53.2 Å². The molecular formula is C16H28N4. The zero-order valence-electron chi connectivity index (χ0n) is 13.3. The van der Waals surface area contributed by atoms with Crippen LogP contribution in [0.5, 0.6) is 0 Å². The van der Waals surface area contributed by atoms with Crippen molar-refractivity contribution < 1.29 is 0 Å². The van der Waals surface area contributed by atoms with E-state index < -0.39 is 0 Å². The van der Waals surface area contributed by atoms with Crippen LogP contribution in [0.15, 0.2) is 23.3 Å². The highest BCUT2D eigenvalue weighted by Crippen LogP contribution is 2.01. The predicted octanol–water partition coefficient (Wildman–Crippen LogP) is 2.63. The van der Waals surface area contributed by atoms with Gasteiger partial charge in [-0.05, 0) is 38.3 Å². The van der Waals surface area contributed by atoms with Gasteiger partial charge in [-0.3, -0.25) is 9.98 Å². The number of pyridine rings is 1. The fraction of sp³-hybridized carbons (Fsp3) is 0.625. The van der Waals surface area contributed by atoms with Crippen LogP contribution in [0.1, 0.15) is 37.9 Å². The first-order valence-corrected chi connectivity index (χ1v) is 7.58. The van der Waals surface area contributed by atoms with Gasteiger partial charge in [0.1, 0.15) is 0 Å². The molecule has 0 bridgehead atoms. The van der Waals surface area contributed by atoms with Crippen molar-refractivity contribution in [3.8, 4) is 0 Å². The van der Waals surface area contributed by atoms with Gasteiger partial charge in [0, 0.05) is 38.6 Å². The largest absolute Gasteiger partial charge is 0.357 e. The van der Waals surface area contributed by atoms with Crippen LogP contribution in [0, 0.1) is 6.92 Å². The smallest absolute Gasteiger partial charge is 0.193 e. The lowest BCUT2D eigenvalue weighted by Crippen LogP contribution is -2.39. The van der Waals surface area contributed by atoms with E-state index >= 15 is 0 Å². The van der Waals surface area contributed by atoms with Crippen LogP contribution < -0.4 is 5.32 Å². The van der Waals surface area contributed by atoms with Crippen LogP contribution in [0.25, 0.3) is 0 Å². The molecule has 0 aliphatic heterocycles. The Kier molecular flexibility index (Phi) is 7.70. The Morgan fingerprint density at radius 1 is 1.35 bits per heavy atom. The van der Waals surface area contributed by atoms with Crippen molar-refractivity contribution in [2.24, 2.45) is 4.99 Å². The molecule has 0 atom stereocenters. The normalized spacial score (nSPS) is 11.5. The van der Waals surface area contributed by atoms with Crippen molar-refractivity contribution in [2.75, 3.05) is 26.7 Å². The molecule has 0 saturated carbocycles. The van der Waals surface area contributed by atoms with Crippen LogP contribution in [0.4, 0.5) is 0 Å². The zero-order valence-corrected chi connectivity index (χ0v) is 13.3. The van der Waals surface area contributed by atoms with Gasteiger partial charge in [-0.25, -0.2) is 0 Å². The molecule has 112 valence electrons. The Labute approximate surface area is 123 Å². The average molecular weight is 276 g/mol. The minimum absolute atomic E-state index is 0.795. The van der Waals surface area contributed by atoms with Gasteiger partial charge in [0.25, 0.3) is 0 Å². The van der Waals surface area contributed by atoms with E-state index in [-0.39, 0.29) is 0 Å². The Morgan fingerprint density at radius 3 is 2.75 bits per heavy atom. The van der Waals surface area contributed by atoms with Gasteiger partial charge >= 0.3 is 0 Å². The maximum Gasteiger partial charge on any atom is 0.193 e. The number of nitrogens with zero attached hydrogens (tertiary/aromatic N) is 3. The lowest BCUT2D eigenvalue weighted by Gasteiger charge is -2.21. The molecule has 0 aliphatic carbocycles. The van der Waals surface area contributed by atoms with Crippen LogP contribution in [-0.2, 0) is 6.42 Å². The van der Waals surface area contributed by atoms with E-state index in [4.69, 9.17) is 0 Å². The number of hydrogen-bond acceptors (Lipinski definition) is 2. The molecule has 0 radical (unpaired) electrons. The van der Waals surface area contributed by atoms with E-state index in [1.165, 1.54) is 18.4 Å². The minimum Gasteiger partial charge on any atom is -0.357 e. The second kappa shape index (κ2) is 9.34. The molecule has 0 spiro atoms. The second-order valence-corrected chi connectivity index (χ2v) is 5.07. The molecule has 0 saturated heterocycles. The number of aryl methyl sites for hydroxylation is 1. The van der Waals surface area contributed by atoms with Gasteiger partial charge in [0.05, 0.1) is 0 Å². The number of rotatable bonds is 7. The quantitative estimate of drug-likeness (QED) is 0.615. The molecule has 1 rings (SSSR count). The Hall–Kier alpha value is -1.58. The molecule has 0 unspecified atom stereocenters. The Morgan fingerprint density at radius 2 is 2.15 bits per heavy atom. The van der Waals surface area contributed by atoms with Gasteiger partial charge in [-0.1, -0.05) is 19.4 Å². The van der Waals surface area contributed by atoms with Crippen LogP contribution in [-0.4, -0.2) is 42.5 Å². The SMILES string of the molecule is CCCCN(C)C(=NCCc1ccc(C)nc1)NCC. The Balaban J connectivity index is 2.51. The van der Waals surface area contributed by atoms with E-state index in [0.29, 0.717) is 0 Å². The summed E-state index contributed by atoms with van der Waals surface area (Å²) in [6.07, 6.45) is 5.28. The molecule has 1 aromatic heterocycles. The summed E-state index contributed by atoms with van der Waals surface area (Å²) < 4.78 is 0. The molecule has 4 nitrogen and oxygen atoms in total. The van der Waals surface area contributed by atoms with Crippen LogP contribution in [0.3, 0.4) is 0 Å². The molecule has 1 heterocycles. The van der Waals surface area contributed by atoms with Crippen LogP contribution in [0.2, 0.25) is 0 Å². The third-order valence-electron chi connectivity index (χ3n) is 3.18. The first-order valence-electron chi connectivity index (χ1n) is 7.58. The summed E-state index contributed by atoms with van der Waals surface area (Å²) in [4.78, 5) is 11.2. The topological polar surface area (TPSA) is 40.5 Å².